The van der Waals surface area contributed by atoms with Crippen molar-refractivity contribution >= 4 is 17.6 Å². The molecule has 0 heterocycles. The van der Waals surface area contributed by atoms with Gasteiger partial charge in [-0.15, -0.1) is 13.2 Å². The molecule has 0 saturated carbocycles. The predicted molar refractivity (Wildman–Crippen MR) is 79.8 cm³/mol. The minimum absolute atomic E-state index is 0.246. The third kappa shape index (κ3) is 4.48. The lowest BCUT2D eigenvalue weighted by atomic mass is 10.0. The molecule has 0 aliphatic heterocycles. The summed E-state index contributed by atoms with van der Waals surface area (Å²) >= 11 is 0. The molecule has 2 N–H and O–H groups in total. The van der Waals surface area contributed by atoms with Crippen LogP contribution in [0, 0.1) is 0 Å². The lowest BCUT2D eigenvalue weighted by Crippen LogP contribution is -2.19. The van der Waals surface area contributed by atoms with Crippen molar-refractivity contribution in [1.29, 1.82) is 0 Å². The number of benzene rings is 2. The van der Waals surface area contributed by atoms with E-state index in [4.69, 9.17) is 5.11 Å². The lowest BCUT2D eigenvalue weighted by molar-refractivity contribution is -0.274. The molecule has 24 heavy (non-hydrogen) atoms. The van der Waals surface area contributed by atoms with Crippen LogP contribution in [0.2, 0.25) is 0 Å². The summed E-state index contributed by atoms with van der Waals surface area (Å²) in [4.78, 5) is 22.1. The molecule has 0 unspecified atom stereocenters. The first-order valence-corrected chi connectivity index (χ1v) is 6.67. The Balaban J connectivity index is 2.36. The first kappa shape index (κ1) is 17.3. The fraction of sp³-hybridized carbons (Fsp3) is 0.125. The van der Waals surface area contributed by atoms with Crippen LogP contribution in [0.4, 0.5) is 18.9 Å². The fourth-order valence-corrected chi connectivity index (χ4v) is 2.04. The maximum Gasteiger partial charge on any atom is 0.573 e. The van der Waals surface area contributed by atoms with Crippen molar-refractivity contribution in [3.05, 3.63) is 48.0 Å². The van der Waals surface area contributed by atoms with E-state index in [0.29, 0.717) is 16.8 Å². The van der Waals surface area contributed by atoms with Crippen molar-refractivity contribution in [2.24, 2.45) is 0 Å². The molecule has 0 aliphatic carbocycles. The molecule has 0 spiro atoms. The van der Waals surface area contributed by atoms with Crippen LogP contribution in [0.25, 0.3) is 11.1 Å². The highest BCUT2D eigenvalue weighted by molar-refractivity contribution is 5.93. The Morgan fingerprint density at radius 1 is 1.04 bits per heavy atom. The standard InChI is InChI=1S/C16H12F3NO4/c1-9(21)20-12-5-2-10(3-6-12)11-4-7-14(24-16(17,18)19)13(8-11)15(22)23/h2-8H,1H3,(H,20,21)(H,22,23). The van der Waals surface area contributed by atoms with E-state index < -0.39 is 23.6 Å². The summed E-state index contributed by atoms with van der Waals surface area (Å²) in [6.07, 6.45) is -4.98. The van der Waals surface area contributed by atoms with Gasteiger partial charge >= 0.3 is 12.3 Å². The number of anilines is 1. The fourth-order valence-electron chi connectivity index (χ4n) is 2.04. The molecule has 0 fully saturated rings. The molecule has 5 nitrogen and oxygen atoms in total. The van der Waals surface area contributed by atoms with Gasteiger partial charge in [-0.05, 0) is 35.4 Å². The Bertz CT molecular complexity index is 770. The third-order valence-corrected chi connectivity index (χ3v) is 2.97. The molecular formula is C16H12F3NO4. The molecule has 0 saturated heterocycles. The molecule has 0 atom stereocenters. The van der Waals surface area contributed by atoms with Crippen molar-refractivity contribution in [3.63, 3.8) is 0 Å². The second kappa shape index (κ2) is 6.61. The van der Waals surface area contributed by atoms with E-state index in [1.165, 1.54) is 13.0 Å². The number of carboxylic acid groups (broad SMARTS) is 1. The minimum Gasteiger partial charge on any atom is -0.478 e. The van der Waals surface area contributed by atoms with E-state index in [0.717, 1.165) is 12.1 Å². The Morgan fingerprint density at radius 3 is 2.12 bits per heavy atom. The van der Waals surface area contributed by atoms with E-state index in [1.807, 2.05) is 0 Å². The van der Waals surface area contributed by atoms with Crippen LogP contribution in [-0.4, -0.2) is 23.3 Å². The van der Waals surface area contributed by atoms with Crippen LogP contribution in [0.15, 0.2) is 42.5 Å². The summed E-state index contributed by atoms with van der Waals surface area (Å²) in [6.45, 7) is 1.35. The maximum absolute atomic E-state index is 12.3. The zero-order valence-corrected chi connectivity index (χ0v) is 12.3. The molecule has 1 amide bonds. The van der Waals surface area contributed by atoms with Crippen LogP contribution in [0.1, 0.15) is 17.3 Å². The highest BCUT2D eigenvalue weighted by Crippen LogP contribution is 2.31. The SMILES string of the molecule is CC(=O)Nc1ccc(-c2ccc(OC(F)(F)F)c(C(=O)O)c2)cc1. The van der Waals surface area contributed by atoms with Gasteiger partial charge in [-0.3, -0.25) is 4.79 Å². The van der Waals surface area contributed by atoms with Gasteiger partial charge in [0.25, 0.3) is 0 Å². The second-order valence-electron chi connectivity index (χ2n) is 4.82. The zero-order chi connectivity index (χ0) is 17.9. The van der Waals surface area contributed by atoms with Gasteiger partial charge in [0.05, 0.1) is 0 Å². The smallest absolute Gasteiger partial charge is 0.478 e. The average molecular weight is 339 g/mol. The Hall–Kier alpha value is -3.03. The van der Waals surface area contributed by atoms with Gasteiger partial charge in [-0.2, -0.15) is 0 Å². The minimum atomic E-state index is -4.98. The number of nitrogens with one attached hydrogen (secondary N) is 1. The largest absolute Gasteiger partial charge is 0.573 e. The van der Waals surface area contributed by atoms with Crippen LogP contribution in [-0.2, 0) is 4.79 Å². The van der Waals surface area contributed by atoms with Crippen molar-refractivity contribution in [2.75, 3.05) is 5.32 Å². The monoisotopic (exact) mass is 339 g/mol. The number of rotatable bonds is 4. The van der Waals surface area contributed by atoms with Gasteiger partial charge in [0, 0.05) is 12.6 Å². The second-order valence-corrected chi connectivity index (χ2v) is 4.82. The van der Waals surface area contributed by atoms with Crippen LogP contribution >= 0.6 is 0 Å². The summed E-state index contributed by atoms with van der Waals surface area (Å²) in [5.74, 6) is -2.57. The lowest BCUT2D eigenvalue weighted by Gasteiger charge is -2.13. The summed E-state index contributed by atoms with van der Waals surface area (Å²) in [7, 11) is 0. The molecular weight excluding hydrogens is 327 g/mol. The van der Waals surface area contributed by atoms with Crippen molar-refractivity contribution in [3.8, 4) is 16.9 Å². The molecule has 126 valence electrons. The van der Waals surface area contributed by atoms with Crippen molar-refractivity contribution < 1.29 is 32.6 Å². The first-order valence-electron chi connectivity index (χ1n) is 6.67. The van der Waals surface area contributed by atoms with Crippen LogP contribution in [0.3, 0.4) is 0 Å². The number of alkyl halides is 3. The third-order valence-electron chi connectivity index (χ3n) is 2.97. The normalized spacial score (nSPS) is 11.0. The van der Waals surface area contributed by atoms with Crippen LogP contribution in [0.5, 0.6) is 5.75 Å². The predicted octanol–water partition coefficient (Wildman–Crippen LogP) is 3.91. The van der Waals surface area contributed by atoms with Gasteiger partial charge in [-0.25, -0.2) is 4.79 Å². The summed E-state index contributed by atoms with van der Waals surface area (Å²) in [5.41, 5.74) is 0.916. The average Bonchev–Trinajstić information content (AvgIpc) is 2.46. The van der Waals surface area contributed by atoms with Gasteiger partial charge in [0.2, 0.25) is 5.91 Å². The van der Waals surface area contributed by atoms with Gasteiger partial charge in [-0.1, -0.05) is 18.2 Å². The van der Waals surface area contributed by atoms with E-state index in [2.05, 4.69) is 10.1 Å². The number of carbonyl (C=O) groups excluding carboxylic acids is 1. The topological polar surface area (TPSA) is 75.6 Å². The first-order chi connectivity index (χ1) is 11.2. The van der Waals surface area contributed by atoms with E-state index in [-0.39, 0.29) is 5.91 Å². The van der Waals surface area contributed by atoms with E-state index in [1.54, 1.807) is 24.3 Å². The maximum atomic E-state index is 12.3. The Morgan fingerprint density at radius 2 is 1.62 bits per heavy atom. The highest BCUT2D eigenvalue weighted by Gasteiger charge is 2.33. The van der Waals surface area contributed by atoms with Crippen LogP contribution < -0.4 is 10.1 Å². The molecule has 2 aromatic rings. The van der Waals surface area contributed by atoms with Gasteiger partial charge < -0.3 is 15.2 Å². The molecule has 8 heteroatoms. The zero-order valence-electron chi connectivity index (χ0n) is 12.3. The number of hydrogen-bond donors (Lipinski definition) is 2. The molecule has 0 aromatic heterocycles. The van der Waals surface area contributed by atoms with Crippen molar-refractivity contribution in [2.45, 2.75) is 13.3 Å². The number of ether oxygens (including phenoxy) is 1. The van der Waals surface area contributed by atoms with E-state index in [9.17, 15) is 22.8 Å². The van der Waals surface area contributed by atoms with Gasteiger partial charge in [0.15, 0.2) is 0 Å². The Labute approximate surface area is 134 Å². The summed E-state index contributed by atoms with van der Waals surface area (Å²) in [5, 5.41) is 11.7. The highest BCUT2D eigenvalue weighted by atomic mass is 19.4. The number of hydrogen-bond acceptors (Lipinski definition) is 3. The molecule has 2 aromatic carbocycles. The molecule has 0 radical (unpaired) electrons. The van der Waals surface area contributed by atoms with Crippen molar-refractivity contribution in [1.82, 2.24) is 0 Å². The molecule has 2 rings (SSSR count). The number of carboxylic acids is 1. The number of halogens is 3. The van der Waals surface area contributed by atoms with E-state index >= 15 is 0 Å². The molecule has 0 aliphatic rings. The number of aromatic carboxylic acids is 1. The quantitative estimate of drug-likeness (QED) is 0.885. The van der Waals surface area contributed by atoms with Gasteiger partial charge in [0.1, 0.15) is 11.3 Å². The summed E-state index contributed by atoms with van der Waals surface area (Å²) in [6, 6.07) is 9.77. The molecule has 0 bridgehead atoms. The number of amides is 1. The Kier molecular flexibility index (Phi) is 4.77. The summed E-state index contributed by atoms with van der Waals surface area (Å²) < 4.78 is 40.6. The number of carbonyl (C=O) groups is 2.